The fourth-order valence-corrected chi connectivity index (χ4v) is 2.83. The van der Waals surface area contributed by atoms with Crippen molar-refractivity contribution in [1.82, 2.24) is 0 Å². The highest BCUT2D eigenvalue weighted by molar-refractivity contribution is 9.10. The fraction of sp³-hybridized carbons (Fsp3) is 0.188. The van der Waals surface area contributed by atoms with E-state index in [1.807, 2.05) is 24.3 Å². The first-order valence-corrected chi connectivity index (χ1v) is 7.54. The number of hydrogen-bond acceptors (Lipinski definition) is 3. The van der Waals surface area contributed by atoms with Gasteiger partial charge in [0.1, 0.15) is 5.75 Å². The molecule has 2 aromatic rings. The van der Waals surface area contributed by atoms with Crippen LogP contribution in [0, 0.1) is 5.92 Å². The molecule has 0 saturated heterocycles. The van der Waals surface area contributed by atoms with Gasteiger partial charge in [-0.2, -0.15) is 0 Å². The Labute approximate surface area is 131 Å². The van der Waals surface area contributed by atoms with Gasteiger partial charge in [-0.05, 0) is 36.2 Å². The minimum atomic E-state index is -0.154. The Morgan fingerprint density at radius 2 is 2.10 bits per heavy atom. The van der Waals surface area contributed by atoms with Gasteiger partial charge in [-0.25, -0.2) is 0 Å². The molecule has 3 rings (SSSR count). The number of para-hydroxylation sites is 1. The second-order valence-electron chi connectivity index (χ2n) is 5.09. The lowest BCUT2D eigenvalue weighted by Crippen LogP contribution is -2.33. The molecular formula is C16H15BrN2O2. The molecule has 1 aliphatic rings. The molecule has 4 nitrogen and oxygen atoms in total. The number of anilines is 2. The molecule has 1 unspecified atom stereocenters. The van der Waals surface area contributed by atoms with Crippen LogP contribution in [0.5, 0.6) is 5.75 Å². The molecule has 0 aromatic heterocycles. The summed E-state index contributed by atoms with van der Waals surface area (Å²) in [6.07, 6.45) is 0.698. The molecule has 5 heteroatoms. The fourth-order valence-electron chi connectivity index (χ4n) is 2.47. The molecule has 3 N–H and O–H groups in total. The van der Waals surface area contributed by atoms with Crippen molar-refractivity contribution in [3.05, 3.63) is 52.5 Å². The number of aromatic hydroxyl groups is 1. The lowest BCUT2D eigenvalue weighted by molar-refractivity contribution is -0.119. The van der Waals surface area contributed by atoms with Crippen LogP contribution >= 0.6 is 15.9 Å². The number of halogens is 1. The van der Waals surface area contributed by atoms with Crippen LogP contribution in [0.3, 0.4) is 0 Å². The molecule has 1 aliphatic heterocycles. The third-order valence-corrected chi connectivity index (χ3v) is 4.10. The number of benzene rings is 2. The highest BCUT2D eigenvalue weighted by atomic mass is 79.9. The van der Waals surface area contributed by atoms with Crippen molar-refractivity contribution in [2.75, 3.05) is 17.2 Å². The maximum atomic E-state index is 12.4. The van der Waals surface area contributed by atoms with Crippen LogP contribution in [0.15, 0.2) is 46.9 Å². The normalized spacial score (nSPS) is 16.7. The first kappa shape index (κ1) is 13.9. The molecule has 0 bridgehead atoms. The van der Waals surface area contributed by atoms with Crippen molar-refractivity contribution in [3.63, 3.8) is 0 Å². The largest absolute Gasteiger partial charge is 0.506 e. The van der Waals surface area contributed by atoms with Gasteiger partial charge in [0.2, 0.25) is 5.91 Å². The number of nitrogens with one attached hydrogen (secondary N) is 2. The van der Waals surface area contributed by atoms with Crippen molar-refractivity contribution >= 4 is 33.2 Å². The van der Waals surface area contributed by atoms with Gasteiger partial charge in [-0.3, -0.25) is 4.79 Å². The first-order valence-electron chi connectivity index (χ1n) is 6.74. The smallest absolute Gasteiger partial charge is 0.229 e. The summed E-state index contributed by atoms with van der Waals surface area (Å²) in [5, 5.41) is 15.9. The molecular weight excluding hydrogens is 332 g/mol. The second-order valence-corrected chi connectivity index (χ2v) is 6.01. The minimum Gasteiger partial charge on any atom is -0.506 e. The maximum Gasteiger partial charge on any atom is 0.229 e. The maximum absolute atomic E-state index is 12.4. The van der Waals surface area contributed by atoms with Crippen molar-refractivity contribution in [2.45, 2.75) is 6.42 Å². The van der Waals surface area contributed by atoms with Crippen LogP contribution in [-0.4, -0.2) is 17.6 Å². The van der Waals surface area contributed by atoms with Crippen molar-refractivity contribution in [2.24, 2.45) is 5.92 Å². The molecule has 0 fully saturated rings. The van der Waals surface area contributed by atoms with Crippen LogP contribution in [0.4, 0.5) is 11.4 Å². The number of phenols is 1. The summed E-state index contributed by atoms with van der Waals surface area (Å²) in [6, 6.07) is 13.0. The van der Waals surface area contributed by atoms with Gasteiger partial charge in [-0.1, -0.05) is 34.1 Å². The first-order chi connectivity index (χ1) is 10.1. The summed E-state index contributed by atoms with van der Waals surface area (Å²) in [5.74, 6) is -0.181. The highest BCUT2D eigenvalue weighted by Crippen LogP contribution is 2.29. The van der Waals surface area contributed by atoms with Gasteiger partial charge >= 0.3 is 0 Å². The standard InChI is InChI=1S/C16H15BrN2O2/c17-12-5-6-15(20)14(8-12)19-16(21)11-7-10-3-1-2-4-13(10)18-9-11/h1-6,8,11,18,20H,7,9H2,(H,19,21). The third-order valence-electron chi connectivity index (χ3n) is 3.61. The van der Waals surface area contributed by atoms with Crippen LogP contribution in [0.25, 0.3) is 0 Å². The zero-order valence-electron chi connectivity index (χ0n) is 11.3. The Morgan fingerprint density at radius 3 is 2.95 bits per heavy atom. The van der Waals surface area contributed by atoms with Crippen LogP contribution in [-0.2, 0) is 11.2 Å². The van der Waals surface area contributed by atoms with E-state index in [1.165, 1.54) is 0 Å². The minimum absolute atomic E-state index is 0.0655. The van der Waals surface area contributed by atoms with E-state index in [9.17, 15) is 9.90 Å². The van der Waals surface area contributed by atoms with E-state index in [-0.39, 0.29) is 17.6 Å². The number of hydrogen-bond donors (Lipinski definition) is 3. The summed E-state index contributed by atoms with van der Waals surface area (Å²) >= 11 is 3.33. The Bertz CT molecular complexity index is 688. The SMILES string of the molecule is O=C(Nc1cc(Br)ccc1O)C1CNc2ccccc2C1. The van der Waals surface area contributed by atoms with E-state index in [1.54, 1.807) is 18.2 Å². The van der Waals surface area contributed by atoms with Gasteiger partial charge in [-0.15, -0.1) is 0 Å². The van der Waals surface area contributed by atoms with Crippen molar-refractivity contribution in [1.29, 1.82) is 0 Å². The van der Waals surface area contributed by atoms with Gasteiger partial charge in [0.15, 0.2) is 0 Å². The monoisotopic (exact) mass is 346 g/mol. The number of carbonyl (C=O) groups is 1. The molecule has 1 heterocycles. The lowest BCUT2D eigenvalue weighted by Gasteiger charge is -2.25. The van der Waals surface area contributed by atoms with E-state index in [0.717, 1.165) is 15.7 Å². The van der Waals surface area contributed by atoms with Gasteiger partial charge in [0.25, 0.3) is 0 Å². The van der Waals surface area contributed by atoms with Crippen molar-refractivity contribution in [3.8, 4) is 5.75 Å². The summed E-state index contributed by atoms with van der Waals surface area (Å²) in [5.41, 5.74) is 2.66. The molecule has 0 spiro atoms. The van der Waals surface area contributed by atoms with E-state index in [0.29, 0.717) is 18.7 Å². The second kappa shape index (κ2) is 5.77. The number of fused-ring (bicyclic) bond motifs is 1. The summed E-state index contributed by atoms with van der Waals surface area (Å²) in [7, 11) is 0. The van der Waals surface area contributed by atoms with Gasteiger partial charge < -0.3 is 15.7 Å². The molecule has 1 atom stereocenters. The quantitative estimate of drug-likeness (QED) is 0.730. The van der Waals surface area contributed by atoms with Crippen LogP contribution < -0.4 is 10.6 Å². The number of rotatable bonds is 2. The molecule has 0 radical (unpaired) electrons. The molecule has 0 aliphatic carbocycles. The Hall–Kier alpha value is -2.01. The molecule has 108 valence electrons. The number of amides is 1. The summed E-state index contributed by atoms with van der Waals surface area (Å²) in [6.45, 7) is 0.595. The van der Waals surface area contributed by atoms with E-state index < -0.39 is 0 Å². The Balaban J connectivity index is 1.74. The average molecular weight is 347 g/mol. The Morgan fingerprint density at radius 1 is 1.29 bits per heavy atom. The van der Waals surface area contributed by atoms with Gasteiger partial charge in [0.05, 0.1) is 11.6 Å². The number of carbonyl (C=O) groups excluding carboxylic acids is 1. The van der Waals surface area contributed by atoms with E-state index in [4.69, 9.17) is 0 Å². The lowest BCUT2D eigenvalue weighted by atomic mass is 9.93. The van der Waals surface area contributed by atoms with Gasteiger partial charge in [0, 0.05) is 16.7 Å². The summed E-state index contributed by atoms with van der Waals surface area (Å²) in [4.78, 5) is 12.4. The number of phenolic OH excluding ortho intramolecular Hbond substituents is 1. The van der Waals surface area contributed by atoms with E-state index >= 15 is 0 Å². The van der Waals surface area contributed by atoms with E-state index in [2.05, 4.69) is 26.6 Å². The predicted molar refractivity (Wildman–Crippen MR) is 86.6 cm³/mol. The molecule has 2 aromatic carbocycles. The predicted octanol–water partition coefficient (Wildman–Crippen LogP) is 3.38. The zero-order valence-corrected chi connectivity index (χ0v) is 12.9. The third kappa shape index (κ3) is 3.03. The highest BCUT2D eigenvalue weighted by Gasteiger charge is 2.24. The molecule has 0 saturated carbocycles. The molecule has 21 heavy (non-hydrogen) atoms. The van der Waals surface area contributed by atoms with Crippen molar-refractivity contribution < 1.29 is 9.90 Å². The summed E-state index contributed by atoms with van der Waals surface area (Å²) < 4.78 is 0.808. The van der Waals surface area contributed by atoms with Crippen LogP contribution in [0.1, 0.15) is 5.56 Å². The van der Waals surface area contributed by atoms with Crippen LogP contribution in [0.2, 0.25) is 0 Å². The Kier molecular flexibility index (Phi) is 3.84. The molecule has 1 amide bonds. The average Bonchev–Trinajstić information content (AvgIpc) is 2.50. The topological polar surface area (TPSA) is 61.4 Å². The zero-order chi connectivity index (χ0) is 14.8.